The molecule has 110 valence electrons. The van der Waals surface area contributed by atoms with E-state index >= 15 is 0 Å². The van der Waals surface area contributed by atoms with Crippen molar-refractivity contribution < 1.29 is 19.4 Å². The zero-order valence-electron chi connectivity index (χ0n) is 12.2. The third-order valence-electron chi connectivity index (χ3n) is 3.22. The molecule has 1 heterocycles. The smallest absolute Gasteiger partial charge is 0.337 e. The lowest BCUT2D eigenvalue weighted by Gasteiger charge is -2.11. The third-order valence-corrected chi connectivity index (χ3v) is 3.22. The zero-order chi connectivity index (χ0) is 15.4. The van der Waals surface area contributed by atoms with Crippen molar-refractivity contribution in [2.45, 2.75) is 13.3 Å². The van der Waals surface area contributed by atoms with E-state index in [1.807, 2.05) is 19.1 Å². The van der Waals surface area contributed by atoms with Crippen molar-refractivity contribution in [2.75, 3.05) is 14.2 Å². The standard InChI is InChI=1S/C16H17NO4/c1-4-13-12(16(18)19)7-8-14(17-13)11-6-5-10(20-2)9-15(11)21-3/h5-9H,4H2,1-3H3,(H,18,19). The van der Waals surface area contributed by atoms with Gasteiger partial charge in [-0.15, -0.1) is 0 Å². The number of aromatic nitrogens is 1. The molecule has 0 bridgehead atoms. The maximum Gasteiger partial charge on any atom is 0.337 e. The lowest BCUT2D eigenvalue weighted by molar-refractivity contribution is 0.0695. The maximum atomic E-state index is 11.2. The Hall–Kier alpha value is -2.56. The molecule has 1 aromatic heterocycles. The van der Waals surface area contributed by atoms with Gasteiger partial charge in [0.1, 0.15) is 11.5 Å². The van der Waals surface area contributed by atoms with Gasteiger partial charge >= 0.3 is 5.97 Å². The summed E-state index contributed by atoms with van der Waals surface area (Å²) >= 11 is 0. The van der Waals surface area contributed by atoms with E-state index in [4.69, 9.17) is 14.6 Å². The molecule has 21 heavy (non-hydrogen) atoms. The topological polar surface area (TPSA) is 68.7 Å². The molecule has 0 aliphatic heterocycles. The first-order valence-corrected chi connectivity index (χ1v) is 6.56. The first-order chi connectivity index (χ1) is 10.1. The molecule has 0 atom stereocenters. The fourth-order valence-corrected chi connectivity index (χ4v) is 2.13. The Bertz CT molecular complexity index is 667. The van der Waals surface area contributed by atoms with Crippen LogP contribution in [0.25, 0.3) is 11.3 Å². The molecule has 0 aliphatic rings. The van der Waals surface area contributed by atoms with E-state index in [-0.39, 0.29) is 5.56 Å². The lowest BCUT2D eigenvalue weighted by Crippen LogP contribution is -2.05. The van der Waals surface area contributed by atoms with Crippen LogP contribution in [-0.4, -0.2) is 30.3 Å². The quantitative estimate of drug-likeness (QED) is 0.915. The van der Waals surface area contributed by atoms with Crippen LogP contribution in [0.15, 0.2) is 30.3 Å². The molecule has 1 N–H and O–H groups in total. The average Bonchev–Trinajstić information content (AvgIpc) is 2.53. The number of aromatic carboxylic acids is 1. The number of ether oxygens (including phenoxy) is 2. The number of hydrogen-bond donors (Lipinski definition) is 1. The van der Waals surface area contributed by atoms with Crippen molar-refractivity contribution in [2.24, 2.45) is 0 Å². The van der Waals surface area contributed by atoms with Gasteiger partial charge in [-0.25, -0.2) is 4.79 Å². The number of carboxylic acids is 1. The minimum absolute atomic E-state index is 0.230. The highest BCUT2D eigenvalue weighted by molar-refractivity contribution is 5.89. The Labute approximate surface area is 123 Å². The number of hydrogen-bond acceptors (Lipinski definition) is 4. The summed E-state index contributed by atoms with van der Waals surface area (Å²) in [5.41, 5.74) is 2.26. The van der Waals surface area contributed by atoms with E-state index in [2.05, 4.69) is 4.98 Å². The van der Waals surface area contributed by atoms with Gasteiger partial charge in [0.25, 0.3) is 0 Å². The Kier molecular flexibility index (Phi) is 4.42. The summed E-state index contributed by atoms with van der Waals surface area (Å²) in [4.78, 5) is 15.6. The van der Waals surface area contributed by atoms with E-state index in [1.165, 1.54) is 0 Å². The normalized spacial score (nSPS) is 10.2. The summed E-state index contributed by atoms with van der Waals surface area (Å²) in [7, 11) is 3.16. The minimum atomic E-state index is -0.965. The Balaban J connectivity index is 2.54. The number of benzene rings is 1. The second-order valence-electron chi connectivity index (χ2n) is 4.42. The van der Waals surface area contributed by atoms with Crippen LogP contribution < -0.4 is 9.47 Å². The molecular formula is C16H17NO4. The minimum Gasteiger partial charge on any atom is -0.497 e. The molecule has 5 heteroatoms. The summed E-state index contributed by atoms with van der Waals surface area (Å²) in [6.07, 6.45) is 0.550. The Morgan fingerprint density at radius 1 is 1.19 bits per heavy atom. The molecule has 0 spiro atoms. The van der Waals surface area contributed by atoms with Crippen molar-refractivity contribution in [1.82, 2.24) is 4.98 Å². The van der Waals surface area contributed by atoms with Crippen molar-refractivity contribution in [3.05, 3.63) is 41.6 Å². The molecule has 0 amide bonds. The molecule has 0 saturated carbocycles. The van der Waals surface area contributed by atoms with E-state index in [0.29, 0.717) is 29.3 Å². The highest BCUT2D eigenvalue weighted by Crippen LogP contribution is 2.32. The van der Waals surface area contributed by atoms with E-state index in [0.717, 1.165) is 5.56 Å². The van der Waals surface area contributed by atoms with Crippen LogP contribution in [0.4, 0.5) is 0 Å². The number of pyridine rings is 1. The van der Waals surface area contributed by atoms with Crippen LogP contribution in [0.1, 0.15) is 23.0 Å². The van der Waals surface area contributed by atoms with Gasteiger partial charge in [-0.2, -0.15) is 0 Å². The lowest BCUT2D eigenvalue weighted by atomic mass is 10.1. The predicted octanol–water partition coefficient (Wildman–Crippen LogP) is 3.03. The highest BCUT2D eigenvalue weighted by Gasteiger charge is 2.14. The molecule has 0 radical (unpaired) electrons. The number of carbonyl (C=O) groups is 1. The number of carboxylic acid groups (broad SMARTS) is 1. The second kappa shape index (κ2) is 6.26. The van der Waals surface area contributed by atoms with Gasteiger partial charge in [0.05, 0.1) is 31.2 Å². The summed E-state index contributed by atoms with van der Waals surface area (Å²) in [6.45, 7) is 1.88. The number of nitrogens with zero attached hydrogens (tertiary/aromatic N) is 1. The summed E-state index contributed by atoms with van der Waals surface area (Å²) < 4.78 is 10.5. The number of methoxy groups -OCH3 is 2. The van der Waals surface area contributed by atoms with Gasteiger partial charge in [0.15, 0.2) is 0 Å². The molecular weight excluding hydrogens is 270 g/mol. The number of aryl methyl sites for hydroxylation is 1. The van der Waals surface area contributed by atoms with Gasteiger partial charge in [0, 0.05) is 11.6 Å². The highest BCUT2D eigenvalue weighted by atomic mass is 16.5. The van der Waals surface area contributed by atoms with Gasteiger partial charge in [-0.1, -0.05) is 6.92 Å². The van der Waals surface area contributed by atoms with Crippen molar-refractivity contribution >= 4 is 5.97 Å². The first-order valence-electron chi connectivity index (χ1n) is 6.56. The largest absolute Gasteiger partial charge is 0.497 e. The first kappa shape index (κ1) is 14.8. The fourth-order valence-electron chi connectivity index (χ4n) is 2.13. The Morgan fingerprint density at radius 2 is 1.95 bits per heavy atom. The number of rotatable bonds is 5. The maximum absolute atomic E-state index is 11.2. The van der Waals surface area contributed by atoms with E-state index in [1.54, 1.807) is 32.4 Å². The van der Waals surface area contributed by atoms with Gasteiger partial charge in [-0.05, 0) is 30.7 Å². The fraction of sp³-hybridized carbons (Fsp3) is 0.250. The van der Waals surface area contributed by atoms with E-state index in [9.17, 15) is 4.79 Å². The van der Waals surface area contributed by atoms with Crippen LogP contribution >= 0.6 is 0 Å². The summed E-state index contributed by atoms with van der Waals surface area (Å²) in [5, 5.41) is 9.15. The molecule has 0 fully saturated rings. The SMILES string of the molecule is CCc1nc(-c2ccc(OC)cc2OC)ccc1C(=O)O. The molecule has 5 nitrogen and oxygen atoms in total. The van der Waals surface area contributed by atoms with Crippen molar-refractivity contribution in [3.63, 3.8) is 0 Å². The van der Waals surface area contributed by atoms with Crippen LogP contribution in [0.5, 0.6) is 11.5 Å². The molecule has 0 unspecified atom stereocenters. The average molecular weight is 287 g/mol. The van der Waals surface area contributed by atoms with Crippen LogP contribution in [0, 0.1) is 0 Å². The van der Waals surface area contributed by atoms with Crippen LogP contribution in [-0.2, 0) is 6.42 Å². The molecule has 0 saturated heterocycles. The van der Waals surface area contributed by atoms with E-state index < -0.39 is 5.97 Å². The Morgan fingerprint density at radius 3 is 2.52 bits per heavy atom. The van der Waals surface area contributed by atoms with Crippen molar-refractivity contribution in [1.29, 1.82) is 0 Å². The van der Waals surface area contributed by atoms with Crippen molar-refractivity contribution in [3.8, 4) is 22.8 Å². The molecule has 0 aliphatic carbocycles. The monoisotopic (exact) mass is 287 g/mol. The van der Waals surface area contributed by atoms with Gasteiger partial charge < -0.3 is 14.6 Å². The zero-order valence-corrected chi connectivity index (χ0v) is 12.2. The van der Waals surface area contributed by atoms with Crippen LogP contribution in [0.3, 0.4) is 0 Å². The van der Waals surface area contributed by atoms with Gasteiger partial charge in [0.2, 0.25) is 0 Å². The molecule has 2 rings (SSSR count). The van der Waals surface area contributed by atoms with Crippen LogP contribution in [0.2, 0.25) is 0 Å². The van der Waals surface area contributed by atoms with Gasteiger partial charge in [-0.3, -0.25) is 4.98 Å². The second-order valence-corrected chi connectivity index (χ2v) is 4.42. The molecule has 1 aromatic carbocycles. The third kappa shape index (κ3) is 2.97. The summed E-state index contributed by atoms with van der Waals surface area (Å²) in [5.74, 6) is 0.355. The predicted molar refractivity (Wildman–Crippen MR) is 79.1 cm³/mol. The molecule has 2 aromatic rings. The summed E-state index contributed by atoms with van der Waals surface area (Å²) in [6, 6.07) is 8.70.